The molecule has 2 unspecified atom stereocenters. The molecule has 0 aromatic heterocycles. The lowest BCUT2D eigenvalue weighted by Crippen LogP contribution is -2.43. The molecule has 0 heterocycles. The minimum absolute atomic E-state index is 0. The van der Waals surface area contributed by atoms with E-state index in [0.29, 0.717) is 12.1 Å². The van der Waals surface area contributed by atoms with Crippen molar-refractivity contribution in [3.63, 3.8) is 0 Å². The molecule has 2 aliphatic carbocycles. The summed E-state index contributed by atoms with van der Waals surface area (Å²) in [6, 6.07) is 1.14. The highest BCUT2D eigenvalue weighted by Crippen LogP contribution is 2.44. The number of rotatable bonds is 4. The normalized spacial score (nSPS) is 27.9. The molecule has 2 N–H and O–H groups in total. The van der Waals surface area contributed by atoms with Crippen LogP contribution in [0.25, 0.3) is 0 Å². The van der Waals surface area contributed by atoms with Gasteiger partial charge in [-0.15, -0.1) is 24.0 Å². The average Bonchev–Trinajstić information content (AvgIpc) is 3.09. The zero-order chi connectivity index (χ0) is 13.0. The maximum Gasteiger partial charge on any atom is 0.191 e. The number of guanidine groups is 1. The summed E-state index contributed by atoms with van der Waals surface area (Å²) in [5.41, 5.74) is 0. The van der Waals surface area contributed by atoms with Crippen LogP contribution >= 0.6 is 24.0 Å². The molecule has 2 atom stereocenters. The van der Waals surface area contributed by atoms with Crippen LogP contribution in [-0.4, -0.2) is 24.6 Å². The van der Waals surface area contributed by atoms with Gasteiger partial charge in [0.05, 0.1) is 0 Å². The number of halogens is 1. The van der Waals surface area contributed by atoms with Crippen molar-refractivity contribution >= 4 is 29.9 Å². The molecule has 2 aliphatic rings. The molecule has 0 aliphatic heterocycles. The molecule has 0 radical (unpaired) electrons. The third kappa shape index (κ3) is 5.48. The summed E-state index contributed by atoms with van der Waals surface area (Å²) in [6.45, 7) is 7.27. The first kappa shape index (κ1) is 17.1. The van der Waals surface area contributed by atoms with E-state index >= 15 is 0 Å². The van der Waals surface area contributed by atoms with Gasteiger partial charge in [-0.2, -0.15) is 0 Å². The summed E-state index contributed by atoms with van der Waals surface area (Å²) in [5, 5.41) is 7.02. The van der Waals surface area contributed by atoms with Gasteiger partial charge in [0.1, 0.15) is 0 Å². The van der Waals surface area contributed by atoms with E-state index in [1.165, 1.54) is 38.5 Å². The Bertz CT molecular complexity index is 285. The van der Waals surface area contributed by atoms with Crippen LogP contribution in [0.3, 0.4) is 0 Å². The van der Waals surface area contributed by atoms with E-state index in [1.807, 2.05) is 0 Å². The molecule has 2 saturated carbocycles. The molecule has 0 amide bonds. The summed E-state index contributed by atoms with van der Waals surface area (Å²) in [6.07, 6.45) is 8.63. The van der Waals surface area contributed by atoms with Crippen LogP contribution in [0.15, 0.2) is 4.99 Å². The number of aliphatic imine (C=N–C) groups is 1. The number of nitrogens with zero attached hydrogens (tertiary/aromatic N) is 1. The SMILES string of the molecule is CCN=C(NC(C)C)NC1CC1C1CCCCC1.I. The number of hydrogen-bond donors (Lipinski definition) is 2. The largest absolute Gasteiger partial charge is 0.354 e. The lowest BCUT2D eigenvalue weighted by Gasteiger charge is -2.22. The van der Waals surface area contributed by atoms with Gasteiger partial charge in [0.2, 0.25) is 0 Å². The smallest absolute Gasteiger partial charge is 0.191 e. The fourth-order valence-electron chi connectivity index (χ4n) is 3.20. The van der Waals surface area contributed by atoms with E-state index < -0.39 is 0 Å². The Labute approximate surface area is 135 Å². The fourth-order valence-corrected chi connectivity index (χ4v) is 3.20. The zero-order valence-electron chi connectivity index (χ0n) is 12.6. The van der Waals surface area contributed by atoms with Gasteiger partial charge in [-0.3, -0.25) is 4.99 Å². The van der Waals surface area contributed by atoms with E-state index in [-0.39, 0.29) is 24.0 Å². The summed E-state index contributed by atoms with van der Waals surface area (Å²) in [5.74, 6) is 2.91. The Morgan fingerprint density at radius 2 is 1.89 bits per heavy atom. The molecule has 4 heteroatoms. The lowest BCUT2D eigenvalue weighted by atomic mass is 9.85. The highest BCUT2D eigenvalue weighted by Gasteiger charge is 2.43. The Hall–Kier alpha value is 0. The maximum atomic E-state index is 4.52. The highest BCUT2D eigenvalue weighted by molar-refractivity contribution is 14.0. The molecule has 2 fully saturated rings. The van der Waals surface area contributed by atoms with Gasteiger partial charge < -0.3 is 10.6 Å². The molecule has 0 aromatic rings. The first-order chi connectivity index (χ1) is 8.70. The van der Waals surface area contributed by atoms with Crippen LogP contribution in [0.5, 0.6) is 0 Å². The molecule has 2 rings (SSSR count). The molecule has 112 valence electrons. The van der Waals surface area contributed by atoms with Gasteiger partial charge in [0, 0.05) is 18.6 Å². The second-order valence-electron chi connectivity index (χ2n) is 6.17. The van der Waals surface area contributed by atoms with E-state index in [1.54, 1.807) is 0 Å². The summed E-state index contributed by atoms with van der Waals surface area (Å²) in [4.78, 5) is 4.52. The van der Waals surface area contributed by atoms with Crippen LogP contribution < -0.4 is 10.6 Å². The minimum Gasteiger partial charge on any atom is -0.354 e. The first-order valence-corrected chi connectivity index (χ1v) is 7.78. The van der Waals surface area contributed by atoms with Crippen molar-refractivity contribution in [1.29, 1.82) is 0 Å². The van der Waals surface area contributed by atoms with E-state index in [9.17, 15) is 0 Å². The molecule has 0 bridgehead atoms. The number of nitrogens with one attached hydrogen (secondary N) is 2. The summed E-state index contributed by atoms with van der Waals surface area (Å²) >= 11 is 0. The van der Waals surface area contributed by atoms with Crippen LogP contribution in [0.1, 0.15) is 59.3 Å². The van der Waals surface area contributed by atoms with Crippen LogP contribution in [0, 0.1) is 11.8 Å². The first-order valence-electron chi connectivity index (χ1n) is 7.78. The van der Waals surface area contributed by atoms with Gasteiger partial charge in [-0.05, 0) is 39.0 Å². The van der Waals surface area contributed by atoms with Gasteiger partial charge in [0.25, 0.3) is 0 Å². The van der Waals surface area contributed by atoms with Crippen molar-refractivity contribution < 1.29 is 0 Å². The van der Waals surface area contributed by atoms with Crippen molar-refractivity contribution in [2.24, 2.45) is 16.8 Å². The van der Waals surface area contributed by atoms with Gasteiger partial charge >= 0.3 is 0 Å². The quantitative estimate of drug-likeness (QED) is 0.445. The van der Waals surface area contributed by atoms with E-state index in [0.717, 1.165) is 24.3 Å². The third-order valence-corrected chi connectivity index (χ3v) is 4.16. The molecular formula is C15H30IN3. The average molecular weight is 379 g/mol. The van der Waals surface area contributed by atoms with E-state index in [2.05, 4.69) is 36.4 Å². The molecule has 0 aromatic carbocycles. The molecule has 0 saturated heterocycles. The van der Waals surface area contributed by atoms with Gasteiger partial charge in [-0.1, -0.05) is 32.1 Å². The highest BCUT2D eigenvalue weighted by atomic mass is 127. The standard InChI is InChI=1S/C15H29N3.HI/c1-4-16-15(17-11(2)3)18-14-10-13(14)12-8-6-5-7-9-12;/h11-14H,4-10H2,1-3H3,(H2,16,17,18);1H. The minimum atomic E-state index is 0. The van der Waals surface area contributed by atoms with Crippen LogP contribution in [0.4, 0.5) is 0 Å². The second-order valence-corrected chi connectivity index (χ2v) is 6.17. The van der Waals surface area contributed by atoms with Crippen molar-refractivity contribution in [3.8, 4) is 0 Å². The molecule has 3 nitrogen and oxygen atoms in total. The zero-order valence-corrected chi connectivity index (χ0v) is 14.9. The second kappa shape index (κ2) is 8.32. The van der Waals surface area contributed by atoms with Gasteiger partial charge in [0.15, 0.2) is 5.96 Å². The predicted octanol–water partition coefficient (Wildman–Crippen LogP) is 3.54. The Balaban J connectivity index is 0.00000180. The van der Waals surface area contributed by atoms with Crippen molar-refractivity contribution in [2.45, 2.75) is 71.4 Å². The number of hydrogen-bond acceptors (Lipinski definition) is 1. The molecule has 0 spiro atoms. The molecular weight excluding hydrogens is 349 g/mol. The Morgan fingerprint density at radius 3 is 2.47 bits per heavy atom. The lowest BCUT2D eigenvalue weighted by molar-refractivity contribution is 0.315. The van der Waals surface area contributed by atoms with Crippen LogP contribution in [-0.2, 0) is 0 Å². The summed E-state index contributed by atoms with van der Waals surface area (Å²) in [7, 11) is 0. The Morgan fingerprint density at radius 1 is 1.21 bits per heavy atom. The predicted molar refractivity (Wildman–Crippen MR) is 93.3 cm³/mol. The third-order valence-electron chi connectivity index (χ3n) is 4.16. The van der Waals surface area contributed by atoms with Crippen molar-refractivity contribution in [2.75, 3.05) is 6.54 Å². The monoisotopic (exact) mass is 379 g/mol. The Kier molecular flexibility index (Phi) is 7.47. The maximum absolute atomic E-state index is 4.52. The topological polar surface area (TPSA) is 36.4 Å². The van der Waals surface area contributed by atoms with E-state index in [4.69, 9.17) is 0 Å². The van der Waals surface area contributed by atoms with Gasteiger partial charge in [-0.25, -0.2) is 0 Å². The van der Waals surface area contributed by atoms with Crippen LogP contribution in [0.2, 0.25) is 0 Å². The fraction of sp³-hybridized carbons (Fsp3) is 0.933. The summed E-state index contributed by atoms with van der Waals surface area (Å²) < 4.78 is 0. The molecule has 19 heavy (non-hydrogen) atoms. The van der Waals surface area contributed by atoms with Crippen molar-refractivity contribution in [1.82, 2.24) is 10.6 Å². The van der Waals surface area contributed by atoms with Crippen molar-refractivity contribution in [3.05, 3.63) is 0 Å².